The molecule has 0 unspecified atom stereocenters. The fourth-order valence-corrected chi connectivity index (χ4v) is 2.50. The number of hydrogen-bond acceptors (Lipinski definition) is 3. The molecular formula is C19H19F2NO4. The molecule has 0 aromatic heterocycles. The first-order chi connectivity index (χ1) is 12.4. The van der Waals surface area contributed by atoms with Gasteiger partial charge in [0.15, 0.2) is 11.6 Å². The van der Waals surface area contributed by atoms with Crippen LogP contribution in [0.15, 0.2) is 36.4 Å². The predicted octanol–water partition coefficient (Wildman–Crippen LogP) is 2.96. The Morgan fingerprint density at radius 1 is 1.12 bits per heavy atom. The maximum absolute atomic E-state index is 13.5. The summed E-state index contributed by atoms with van der Waals surface area (Å²) >= 11 is 0. The first-order valence-corrected chi connectivity index (χ1v) is 8.02. The van der Waals surface area contributed by atoms with Gasteiger partial charge in [-0.25, -0.2) is 13.6 Å². The molecule has 2 rings (SSSR count). The highest BCUT2D eigenvalue weighted by atomic mass is 19.2. The molecule has 0 radical (unpaired) electrons. The molecule has 2 aromatic carbocycles. The van der Waals surface area contributed by atoms with Crippen molar-refractivity contribution in [1.29, 1.82) is 0 Å². The normalized spacial score (nSPS) is 10.4. The summed E-state index contributed by atoms with van der Waals surface area (Å²) in [7, 11) is 1.44. The Morgan fingerprint density at radius 2 is 1.88 bits per heavy atom. The molecule has 26 heavy (non-hydrogen) atoms. The Kier molecular flexibility index (Phi) is 6.66. The van der Waals surface area contributed by atoms with Crippen molar-refractivity contribution in [1.82, 2.24) is 5.32 Å². The van der Waals surface area contributed by atoms with Crippen LogP contribution in [-0.2, 0) is 17.6 Å². The number of halogens is 2. The van der Waals surface area contributed by atoms with Crippen molar-refractivity contribution >= 4 is 11.9 Å². The number of benzene rings is 2. The summed E-state index contributed by atoms with van der Waals surface area (Å²) in [5.74, 6) is -2.76. The number of carbonyl (C=O) groups excluding carboxylic acids is 1. The van der Waals surface area contributed by atoms with Crippen molar-refractivity contribution in [2.45, 2.75) is 19.3 Å². The average molecular weight is 363 g/mol. The van der Waals surface area contributed by atoms with Gasteiger partial charge in [0.25, 0.3) is 0 Å². The third kappa shape index (κ3) is 5.02. The summed E-state index contributed by atoms with van der Waals surface area (Å²) in [6.07, 6.45) is 0.588. The summed E-state index contributed by atoms with van der Waals surface area (Å²) in [6.45, 7) is 0.313. The van der Waals surface area contributed by atoms with Gasteiger partial charge in [-0.3, -0.25) is 4.79 Å². The van der Waals surface area contributed by atoms with Crippen molar-refractivity contribution < 1.29 is 28.2 Å². The van der Waals surface area contributed by atoms with Crippen LogP contribution in [0.25, 0.3) is 0 Å². The predicted molar refractivity (Wildman–Crippen MR) is 91.3 cm³/mol. The third-order valence-corrected chi connectivity index (χ3v) is 3.90. The van der Waals surface area contributed by atoms with Crippen LogP contribution in [0.5, 0.6) is 5.75 Å². The molecule has 7 heteroatoms. The molecular weight excluding hydrogens is 344 g/mol. The second-order valence-corrected chi connectivity index (χ2v) is 5.64. The molecule has 5 nitrogen and oxygen atoms in total. The van der Waals surface area contributed by atoms with Crippen LogP contribution in [0.4, 0.5) is 8.78 Å². The minimum atomic E-state index is -1.05. The topological polar surface area (TPSA) is 75.6 Å². The molecule has 138 valence electrons. The monoisotopic (exact) mass is 363 g/mol. The highest BCUT2D eigenvalue weighted by Gasteiger charge is 2.11. The molecule has 1 amide bonds. The quantitative estimate of drug-likeness (QED) is 0.756. The molecule has 0 heterocycles. The Hall–Kier alpha value is -2.96. The van der Waals surface area contributed by atoms with Gasteiger partial charge in [0.2, 0.25) is 5.91 Å². The van der Waals surface area contributed by atoms with Crippen LogP contribution >= 0.6 is 0 Å². The van der Waals surface area contributed by atoms with Crippen molar-refractivity contribution in [2.24, 2.45) is 0 Å². The number of aromatic carboxylic acids is 1. The van der Waals surface area contributed by atoms with Crippen molar-refractivity contribution in [3.05, 3.63) is 64.7 Å². The van der Waals surface area contributed by atoms with Crippen molar-refractivity contribution in [3.63, 3.8) is 0 Å². The smallest absolute Gasteiger partial charge is 0.335 e. The number of carboxylic acid groups (broad SMARTS) is 1. The first-order valence-electron chi connectivity index (χ1n) is 8.02. The first kappa shape index (κ1) is 19.4. The molecule has 0 aliphatic carbocycles. The van der Waals surface area contributed by atoms with E-state index in [0.717, 1.165) is 11.6 Å². The van der Waals surface area contributed by atoms with Crippen LogP contribution in [0.1, 0.15) is 27.9 Å². The molecule has 0 saturated carbocycles. The van der Waals surface area contributed by atoms with Gasteiger partial charge >= 0.3 is 5.97 Å². The summed E-state index contributed by atoms with van der Waals surface area (Å²) in [6, 6.07) is 8.40. The fraction of sp³-hybridized carbons (Fsp3) is 0.263. The minimum Gasteiger partial charge on any atom is -0.496 e. The average Bonchev–Trinajstić information content (AvgIpc) is 2.63. The molecule has 2 N–H and O–H groups in total. The van der Waals surface area contributed by atoms with E-state index in [1.165, 1.54) is 31.4 Å². The van der Waals surface area contributed by atoms with E-state index in [1.54, 1.807) is 6.07 Å². The number of nitrogens with one attached hydrogen (secondary N) is 1. The van der Waals surface area contributed by atoms with E-state index < -0.39 is 17.6 Å². The van der Waals surface area contributed by atoms with E-state index in [1.807, 2.05) is 0 Å². The standard InChI is InChI=1S/C19H19F2NO4/c1-26-16-11-14(19(24)25)6-5-12(16)9-10-22-17(23)8-7-13-3-2-4-15(20)18(13)21/h2-6,11H,7-10H2,1H3,(H,22,23)(H,24,25). The zero-order valence-electron chi connectivity index (χ0n) is 14.2. The molecule has 0 atom stereocenters. The van der Waals surface area contributed by atoms with Gasteiger partial charge in [-0.1, -0.05) is 18.2 Å². The van der Waals surface area contributed by atoms with Crippen molar-refractivity contribution in [2.75, 3.05) is 13.7 Å². The lowest BCUT2D eigenvalue weighted by atomic mass is 10.1. The molecule has 0 bridgehead atoms. The van der Waals surface area contributed by atoms with E-state index in [0.29, 0.717) is 18.7 Å². The maximum Gasteiger partial charge on any atom is 0.335 e. The van der Waals surface area contributed by atoms with E-state index in [4.69, 9.17) is 9.84 Å². The number of amides is 1. The van der Waals surface area contributed by atoms with Gasteiger partial charge in [0.05, 0.1) is 12.7 Å². The lowest BCUT2D eigenvalue weighted by molar-refractivity contribution is -0.121. The maximum atomic E-state index is 13.5. The summed E-state index contributed by atoms with van der Waals surface area (Å²) in [4.78, 5) is 22.8. The summed E-state index contributed by atoms with van der Waals surface area (Å²) in [5, 5.41) is 11.7. The highest BCUT2D eigenvalue weighted by molar-refractivity contribution is 5.88. The Balaban J connectivity index is 1.85. The van der Waals surface area contributed by atoms with Crippen molar-refractivity contribution in [3.8, 4) is 5.75 Å². The van der Waals surface area contributed by atoms with E-state index in [9.17, 15) is 18.4 Å². The Labute approximate surface area is 149 Å². The Bertz CT molecular complexity index is 808. The van der Waals surface area contributed by atoms with Gasteiger partial charge in [-0.2, -0.15) is 0 Å². The number of aryl methyl sites for hydroxylation is 1. The van der Waals surface area contributed by atoms with Gasteiger partial charge < -0.3 is 15.2 Å². The lowest BCUT2D eigenvalue weighted by Crippen LogP contribution is -2.26. The number of carbonyl (C=O) groups is 2. The number of ether oxygens (including phenoxy) is 1. The zero-order valence-corrected chi connectivity index (χ0v) is 14.2. The second-order valence-electron chi connectivity index (χ2n) is 5.64. The minimum absolute atomic E-state index is 0.0372. The zero-order chi connectivity index (χ0) is 19.1. The van der Waals surface area contributed by atoms with Crippen LogP contribution in [0, 0.1) is 11.6 Å². The summed E-state index contributed by atoms with van der Waals surface area (Å²) in [5.41, 5.74) is 1.03. The second kappa shape index (κ2) is 8.94. The van der Waals surface area contributed by atoms with Crippen LogP contribution in [-0.4, -0.2) is 30.6 Å². The van der Waals surface area contributed by atoms with E-state index in [-0.39, 0.29) is 29.9 Å². The fourth-order valence-electron chi connectivity index (χ4n) is 2.50. The molecule has 0 aliphatic heterocycles. The molecule has 0 aliphatic rings. The summed E-state index contributed by atoms with van der Waals surface area (Å²) < 4.78 is 31.8. The highest BCUT2D eigenvalue weighted by Crippen LogP contribution is 2.20. The van der Waals surface area contributed by atoms with Gasteiger partial charge in [-0.15, -0.1) is 0 Å². The van der Waals surface area contributed by atoms with E-state index >= 15 is 0 Å². The third-order valence-electron chi connectivity index (χ3n) is 3.90. The number of carboxylic acids is 1. The van der Waals surface area contributed by atoms with Crippen LogP contribution in [0.3, 0.4) is 0 Å². The van der Waals surface area contributed by atoms with Gasteiger partial charge in [0, 0.05) is 13.0 Å². The SMILES string of the molecule is COc1cc(C(=O)O)ccc1CCNC(=O)CCc1cccc(F)c1F. The largest absolute Gasteiger partial charge is 0.496 e. The van der Waals surface area contributed by atoms with E-state index in [2.05, 4.69) is 5.32 Å². The number of methoxy groups -OCH3 is 1. The van der Waals surface area contributed by atoms with Crippen LogP contribution < -0.4 is 10.1 Å². The number of hydrogen-bond donors (Lipinski definition) is 2. The molecule has 0 saturated heterocycles. The Morgan fingerprint density at radius 3 is 2.58 bits per heavy atom. The molecule has 0 fully saturated rings. The van der Waals surface area contributed by atoms with Gasteiger partial charge in [-0.05, 0) is 42.2 Å². The van der Waals surface area contributed by atoms with Crippen LogP contribution in [0.2, 0.25) is 0 Å². The molecule has 0 spiro atoms. The number of rotatable bonds is 8. The lowest BCUT2D eigenvalue weighted by Gasteiger charge is -2.10. The molecule has 2 aromatic rings. The van der Waals surface area contributed by atoms with Gasteiger partial charge in [0.1, 0.15) is 5.75 Å².